The number of nitrogens with one attached hydrogen (secondary N) is 3. The van der Waals surface area contributed by atoms with Crippen LogP contribution in [0.3, 0.4) is 0 Å². The minimum Gasteiger partial charge on any atom is -0.302 e. The molecule has 1 fully saturated rings. The van der Waals surface area contributed by atoms with Crippen molar-refractivity contribution in [2.24, 2.45) is 5.92 Å². The van der Waals surface area contributed by atoms with Gasteiger partial charge in [-0.2, -0.15) is 31.1 Å². The molecular formula is C16H13F6N7O2S. The summed E-state index contributed by atoms with van der Waals surface area (Å²) < 4.78 is 77.9. The standard InChI is InChI=1S/C16H13F6N7O2S/c17-15(18,19)9-3-8(4-10(5-9)16(20,21)22)12-25-28-29(27-12)6-11(30)24-26-14(32)23-13(31)7-1-2-7/h3-5,7H,1-2,6H2,(H,24,30)(H2,23,26,31,32). The number of rotatable bonds is 4. The average molecular weight is 481 g/mol. The van der Waals surface area contributed by atoms with Crippen molar-refractivity contribution >= 4 is 29.1 Å². The number of benzene rings is 1. The smallest absolute Gasteiger partial charge is 0.302 e. The molecule has 0 radical (unpaired) electrons. The number of halogens is 6. The molecule has 3 N–H and O–H groups in total. The Kier molecular flexibility index (Phi) is 6.34. The van der Waals surface area contributed by atoms with Gasteiger partial charge < -0.3 is 5.32 Å². The van der Waals surface area contributed by atoms with E-state index < -0.39 is 47.3 Å². The van der Waals surface area contributed by atoms with Crippen LogP contribution in [0.5, 0.6) is 0 Å². The zero-order valence-corrected chi connectivity index (χ0v) is 16.5. The first kappa shape index (κ1) is 23.4. The van der Waals surface area contributed by atoms with Crippen LogP contribution in [0.2, 0.25) is 0 Å². The zero-order valence-electron chi connectivity index (χ0n) is 15.7. The Morgan fingerprint density at radius 3 is 2.16 bits per heavy atom. The molecule has 1 aliphatic carbocycles. The van der Waals surface area contributed by atoms with Crippen LogP contribution in [0, 0.1) is 5.92 Å². The lowest BCUT2D eigenvalue weighted by atomic mass is 10.0. The second-order valence-corrected chi connectivity index (χ2v) is 7.11. The number of tetrazole rings is 1. The van der Waals surface area contributed by atoms with E-state index in [1.807, 2.05) is 0 Å². The third kappa shape index (κ3) is 6.12. The summed E-state index contributed by atoms with van der Waals surface area (Å²) in [5.74, 6) is -1.73. The van der Waals surface area contributed by atoms with Gasteiger partial charge in [0.15, 0.2) is 5.11 Å². The molecule has 0 aliphatic heterocycles. The fraction of sp³-hybridized carbons (Fsp3) is 0.375. The van der Waals surface area contributed by atoms with Crippen molar-refractivity contribution in [2.45, 2.75) is 31.7 Å². The van der Waals surface area contributed by atoms with Gasteiger partial charge in [-0.1, -0.05) is 0 Å². The predicted octanol–water partition coefficient (Wildman–Crippen LogP) is 1.81. The van der Waals surface area contributed by atoms with Gasteiger partial charge in [0.05, 0.1) is 11.1 Å². The summed E-state index contributed by atoms with van der Waals surface area (Å²) in [6.45, 7) is -0.593. The van der Waals surface area contributed by atoms with Crippen molar-refractivity contribution in [3.8, 4) is 11.4 Å². The van der Waals surface area contributed by atoms with Gasteiger partial charge in [0, 0.05) is 11.5 Å². The molecular weight excluding hydrogens is 468 g/mol. The molecule has 172 valence electrons. The molecule has 1 aromatic carbocycles. The average Bonchev–Trinajstić information content (AvgIpc) is 3.44. The summed E-state index contributed by atoms with van der Waals surface area (Å²) in [5, 5.41) is 12.7. The van der Waals surface area contributed by atoms with Gasteiger partial charge in [-0.05, 0) is 48.5 Å². The Labute approximate surface area is 180 Å². The molecule has 0 atom stereocenters. The molecule has 0 spiro atoms. The first-order chi connectivity index (χ1) is 14.8. The van der Waals surface area contributed by atoms with E-state index in [-0.39, 0.29) is 23.0 Å². The number of hydrogen-bond donors (Lipinski definition) is 3. The molecule has 1 aromatic heterocycles. The highest BCUT2D eigenvalue weighted by Crippen LogP contribution is 2.37. The number of thiocarbonyl (C=S) groups is 1. The Balaban J connectivity index is 1.66. The largest absolute Gasteiger partial charge is 0.416 e. The van der Waals surface area contributed by atoms with Crippen molar-refractivity contribution in [1.29, 1.82) is 0 Å². The van der Waals surface area contributed by atoms with E-state index in [1.54, 1.807) is 0 Å². The maximum atomic E-state index is 13.0. The number of amides is 2. The first-order valence-corrected chi connectivity index (χ1v) is 9.21. The van der Waals surface area contributed by atoms with E-state index in [4.69, 9.17) is 12.2 Å². The molecule has 0 bridgehead atoms. The predicted molar refractivity (Wildman–Crippen MR) is 98.0 cm³/mol. The second kappa shape index (κ2) is 8.68. The van der Waals surface area contributed by atoms with Crippen LogP contribution in [-0.2, 0) is 28.5 Å². The van der Waals surface area contributed by atoms with Crippen LogP contribution >= 0.6 is 12.2 Å². The van der Waals surface area contributed by atoms with Crippen molar-refractivity contribution in [3.63, 3.8) is 0 Å². The van der Waals surface area contributed by atoms with Crippen LogP contribution in [0.25, 0.3) is 11.4 Å². The molecule has 2 aromatic rings. The lowest BCUT2D eigenvalue weighted by Crippen LogP contribution is -2.49. The monoisotopic (exact) mass is 481 g/mol. The fourth-order valence-corrected chi connectivity index (χ4v) is 2.55. The first-order valence-electron chi connectivity index (χ1n) is 8.80. The van der Waals surface area contributed by atoms with Crippen molar-refractivity contribution in [1.82, 2.24) is 36.4 Å². The van der Waals surface area contributed by atoms with Gasteiger partial charge in [0.2, 0.25) is 11.7 Å². The summed E-state index contributed by atoms with van der Waals surface area (Å²) in [7, 11) is 0. The number of carbonyl (C=O) groups excluding carboxylic acids is 2. The van der Waals surface area contributed by atoms with E-state index in [9.17, 15) is 35.9 Å². The molecule has 32 heavy (non-hydrogen) atoms. The summed E-state index contributed by atoms with van der Waals surface area (Å²) in [6, 6.07) is 0.857. The van der Waals surface area contributed by atoms with Crippen LogP contribution < -0.4 is 16.2 Å². The normalized spacial score (nSPS) is 14.1. The molecule has 16 heteroatoms. The Morgan fingerprint density at radius 2 is 1.62 bits per heavy atom. The topological polar surface area (TPSA) is 114 Å². The van der Waals surface area contributed by atoms with Crippen LogP contribution in [0.4, 0.5) is 26.3 Å². The quantitative estimate of drug-likeness (QED) is 0.347. The van der Waals surface area contributed by atoms with E-state index in [1.165, 1.54) is 0 Å². The maximum absolute atomic E-state index is 13.0. The Hall–Kier alpha value is -3.30. The highest BCUT2D eigenvalue weighted by Gasteiger charge is 2.37. The van der Waals surface area contributed by atoms with Crippen LogP contribution in [0.15, 0.2) is 18.2 Å². The summed E-state index contributed by atoms with van der Waals surface area (Å²) in [6.07, 6.45) is -8.58. The fourth-order valence-electron chi connectivity index (χ4n) is 2.39. The van der Waals surface area contributed by atoms with E-state index in [0.717, 1.165) is 12.8 Å². The summed E-state index contributed by atoms with van der Waals surface area (Å²) in [5.41, 5.74) is 0.734. The maximum Gasteiger partial charge on any atom is 0.416 e. The van der Waals surface area contributed by atoms with Gasteiger partial charge in [-0.15, -0.1) is 10.2 Å². The SMILES string of the molecule is O=C(Cn1nnc(-c2cc(C(F)(F)F)cc(C(F)(F)F)c2)n1)NNC(=S)NC(=O)C1CC1. The highest BCUT2D eigenvalue weighted by molar-refractivity contribution is 7.80. The number of aromatic nitrogens is 4. The summed E-state index contributed by atoms with van der Waals surface area (Å²) in [4.78, 5) is 24.1. The minimum absolute atomic E-state index is 0.0298. The zero-order chi connectivity index (χ0) is 23.7. The molecule has 1 heterocycles. The lowest BCUT2D eigenvalue weighted by Gasteiger charge is -2.12. The molecule has 2 amide bonds. The number of hydrogen-bond acceptors (Lipinski definition) is 6. The van der Waals surface area contributed by atoms with Crippen molar-refractivity contribution in [3.05, 3.63) is 29.3 Å². The second-order valence-electron chi connectivity index (χ2n) is 6.70. The van der Waals surface area contributed by atoms with E-state index in [2.05, 4.69) is 31.6 Å². The van der Waals surface area contributed by atoms with Gasteiger partial charge >= 0.3 is 12.4 Å². The minimum atomic E-state index is -5.04. The molecule has 9 nitrogen and oxygen atoms in total. The van der Waals surface area contributed by atoms with Crippen LogP contribution in [-0.4, -0.2) is 37.1 Å². The van der Waals surface area contributed by atoms with Crippen molar-refractivity contribution in [2.75, 3.05) is 0 Å². The number of hydrazine groups is 1. The Bertz CT molecular complexity index is 1020. The van der Waals surface area contributed by atoms with E-state index >= 15 is 0 Å². The number of alkyl halides is 6. The Morgan fingerprint density at radius 1 is 1.03 bits per heavy atom. The molecule has 1 saturated carbocycles. The lowest BCUT2D eigenvalue weighted by molar-refractivity contribution is -0.143. The van der Waals surface area contributed by atoms with Gasteiger partial charge in [-0.25, -0.2) is 0 Å². The van der Waals surface area contributed by atoms with Gasteiger partial charge in [0.1, 0.15) is 6.54 Å². The van der Waals surface area contributed by atoms with Crippen molar-refractivity contribution < 1.29 is 35.9 Å². The van der Waals surface area contributed by atoms with Crippen LogP contribution in [0.1, 0.15) is 24.0 Å². The molecule has 1 aliphatic rings. The van der Waals surface area contributed by atoms with Gasteiger partial charge in [0.25, 0.3) is 5.91 Å². The summed E-state index contributed by atoms with van der Waals surface area (Å²) >= 11 is 4.82. The number of carbonyl (C=O) groups is 2. The third-order valence-corrected chi connectivity index (χ3v) is 4.29. The highest BCUT2D eigenvalue weighted by atomic mass is 32.1. The molecule has 0 saturated heterocycles. The van der Waals surface area contributed by atoms with E-state index in [0.29, 0.717) is 16.9 Å². The number of nitrogens with zero attached hydrogens (tertiary/aromatic N) is 4. The van der Waals surface area contributed by atoms with Gasteiger partial charge in [-0.3, -0.25) is 20.4 Å². The molecule has 3 rings (SSSR count). The molecule has 0 unspecified atom stereocenters. The third-order valence-electron chi connectivity index (χ3n) is 4.08.